The molecule has 2 fully saturated rings. The fourth-order valence-corrected chi connectivity index (χ4v) is 2.70. The average molecular weight is 230 g/mol. The van der Waals surface area contributed by atoms with Crippen LogP contribution in [-0.4, -0.2) is 54.7 Å². The molecule has 0 aromatic rings. The zero-order valence-corrected chi connectivity index (χ0v) is 9.61. The van der Waals surface area contributed by atoms with Crippen molar-refractivity contribution in [3.63, 3.8) is 0 Å². The van der Waals surface area contributed by atoms with Crippen LogP contribution < -0.4 is 0 Å². The van der Waals surface area contributed by atoms with Gasteiger partial charge in [-0.25, -0.2) is 0 Å². The van der Waals surface area contributed by atoms with E-state index in [1.54, 1.807) is 0 Å². The summed E-state index contributed by atoms with van der Waals surface area (Å²) in [5.74, 6) is -0.0256. The topological polar surface area (TPSA) is 23.6 Å². The lowest BCUT2D eigenvalue weighted by Crippen LogP contribution is -2.31. The van der Waals surface area contributed by atoms with Gasteiger partial charge in [-0.3, -0.25) is 4.79 Å². The van der Waals surface area contributed by atoms with Gasteiger partial charge in [0.15, 0.2) is 0 Å². The van der Waals surface area contributed by atoms with Crippen molar-refractivity contribution in [1.29, 1.82) is 0 Å². The zero-order valence-electron chi connectivity index (χ0n) is 15.6. The van der Waals surface area contributed by atoms with Crippen molar-refractivity contribution in [2.24, 2.45) is 0 Å². The number of nitrogens with zero attached hydrogens (tertiary/aromatic N) is 2. The van der Waals surface area contributed by atoms with E-state index in [1.807, 2.05) is 0 Å². The standard InChI is InChI=1S/C13H24N2O/c1-14-7-3-5-11(14)9-13(16)10-12-6-4-8-15(12)2/h11-12H,3-10H2,1-2H3/t11-,12+/i1D3,2D3. The second-order valence-corrected chi connectivity index (χ2v) is 4.93. The van der Waals surface area contributed by atoms with Crippen molar-refractivity contribution in [3.05, 3.63) is 0 Å². The average Bonchev–Trinajstić information content (AvgIpc) is 2.95. The molecule has 2 heterocycles. The van der Waals surface area contributed by atoms with Gasteiger partial charge in [-0.15, -0.1) is 0 Å². The Morgan fingerprint density at radius 3 is 2.06 bits per heavy atom. The third kappa shape index (κ3) is 2.83. The van der Waals surface area contributed by atoms with Crippen molar-refractivity contribution < 1.29 is 13.0 Å². The minimum atomic E-state index is -2.15. The Balaban J connectivity index is 1.90. The van der Waals surface area contributed by atoms with Gasteiger partial charge in [0.05, 0.1) is 0 Å². The van der Waals surface area contributed by atoms with Crippen LogP contribution in [0.25, 0.3) is 0 Å². The molecule has 3 nitrogen and oxygen atoms in total. The molecule has 0 radical (unpaired) electrons. The second kappa shape index (κ2) is 5.28. The van der Waals surface area contributed by atoms with Crippen molar-refractivity contribution >= 4 is 5.78 Å². The van der Waals surface area contributed by atoms with Crippen LogP contribution in [0.5, 0.6) is 0 Å². The normalized spacial score (nSPS) is 39.5. The summed E-state index contributed by atoms with van der Waals surface area (Å²) in [4.78, 5) is 15.1. The molecule has 0 aliphatic carbocycles. The molecule has 2 atom stereocenters. The molecule has 2 saturated heterocycles. The van der Waals surface area contributed by atoms with Crippen molar-refractivity contribution in [2.45, 2.75) is 50.6 Å². The van der Waals surface area contributed by atoms with Crippen LogP contribution in [0.3, 0.4) is 0 Å². The highest BCUT2D eigenvalue weighted by Crippen LogP contribution is 2.22. The summed E-state index contributed by atoms with van der Waals surface area (Å²) in [6.07, 6.45) is 3.45. The van der Waals surface area contributed by atoms with E-state index in [4.69, 9.17) is 8.22 Å². The summed E-state index contributed by atoms with van der Waals surface area (Å²) in [5, 5.41) is 0. The molecule has 16 heavy (non-hydrogen) atoms. The number of ketones is 1. The van der Waals surface area contributed by atoms with Gasteiger partial charge in [-0.1, -0.05) is 0 Å². The summed E-state index contributed by atoms with van der Waals surface area (Å²) >= 11 is 0. The van der Waals surface area contributed by atoms with Crippen LogP contribution >= 0.6 is 0 Å². The largest absolute Gasteiger partial charge is 0.303 e. The van der Waals surface area contributed by atoms with Gasteiger partial charge in [0.25, 0.3) is 0 Å². The Kier molecular flexibility index (Phi) is 2.15. The summed E-state index contributed by atoms with van der Waals surface area (Å²) in [5.41, 5.74) is 0. The number of rotatable bonds is 4. The van der Waals surface area contributed by atoms with Gasteiger partial charge in [0, 0.05) is 33.1 Å². The molecule has 0 amide bonds. The summed E-state index contributed by atoms with van der Waals surface area (Å²) in [7, 11) is 0. The molecule has 3 heteroatoms. The molecule has 92 valence electrons. The fraction of sp³-hybridized carbons (Fsp3) is 0.923. The number of likely N-dealkylation sites (tertiary alicyclic amines) is 2. The monoisotopic (exact) mass is 230 g/mol. The van der Waals surface area contributed by atoms with E-state index in [1.165, 1.54) is 9.80 Å². The molecule has 0 spiro atoms. The molecule has 0 aromatic heterocycles. The quantitative estimate of drug-likeness (QED) is 0.731. The molecule has 0 bridgehead atoms. The summed E-state index contributed by atoms with van der Waals surface area (Å²) < 4.78 is 45.0. The van der Waals surface area contributed by atoms with E-state index in [-0.39, 0.29) is 30.7 Å². The van der Waals surface area contributed by atoms with Gasteiger partial charge in [-0.05, 0) is 52.7 Å². The van der Waals surface area contributed by atoms with Crippen molar-refractivity contribution in [2.75, 3.05) is 27.0 Å². The Morgan fingerprint density at radius 1 is 1.12 bits per heavy atom. The van der Waals surface area contributed by atoms with Crippen LogP contribution in [0.1, 0.15) is 46.7 Å². The first-order valence-electron chi connectivity index (χ1n) is 9.14. The highest BCUT2D eigenvalue weighted by atomic mass is 16.1. The van der Waals surface area contributed by atoms with E-state index in [0.717, 1.165) is 25.7 Å². The molecule has 2 aliphatic rings. The third-order valence-corrected chi connectivity index (χ3v) is 3.68. The van der Waals surface area contributed by atoms with Crippen LogP contribution in [0, 0.1) is 0 Å². The Morgan fingerprint density at radius 2 is 1.62 bits per heavy atom. The molecule has 2 rings (SSSR count). The van der Waals surface area contributed by atoms with Crippen molar-refractivity contribution in [1.82, 2.24) is 9.80 Å². The van der Waals surface area contributed by atoms with E-state index >= 15 is 0 Å². The summed E-state index contributed by atoms with van der Waals surface area (Å²) in [6.45, 7) is -3.31. The van der Waals surface area contributed by atoms with Gasteiger partial charge in [-0.2, -0.15) is 0 Å². The Labute approximate surface area is 107 Å². The molecule has 0 N–H and O–H groups in total. The van der Waals surface area contributed by atoms with Gasteiger partial charge >= 0.3 is 0 Å². The maximum Gasteiger partial charge on any atom is 0.136 e. The lowest BCUT2D eigenvalue weighted by Gasteiger charge is -2.21. The van der Waals surface area contributed by atoms with E-state index in [9.17, 15) is 4.79 Å². The number of carbonyl (C=O) groups is 1. The first-order valence-corrected chi connectivity index (χ1v) is 6.14. The van der Waals surface area contributed by atoms with E-state index in [2.05, 4.69) is 0 Å². The SMILES string of the molecule is [2H]C([2H])([2H])N1CCC[C@@H]1CC(=O)C[C@@H]1CCCN1C([2H])([2H])[2H]. The second-order valence-electron chi connectivity index (χ2n) is 4.93. The number of hydrogen-bond donors (Lipinski definition) is 0. The smallest absolute Gasteiger partial charge is 0.136 e. The van der Waals surface area contributed by atoms with E-state index < -0.39 is 14.0 Å². The highest BCUT2D eigenvalue weighted by Gasteiger charge is 2.27. The molecule has 0 unspecified atom stereocenters. The molecular weight excluding hydrogens is 200 g/mol. The van der Waals surface area contributed by atoms with Crippen LogP contribution in [0.2, 0.25) is 0 Å². The minimum absolute atomic E-state index is 0.0256. The molecule has 0 aromatic carbocycles. The first-order chi connectivity index (χ1) is 10.1. The summed E-state index contributed by atoms with van der Waals surface area (Å²) in [6, 6.07) is -0.467. The first kappa shape index (κ1) is 6.50. The number of carbonyl (C=O) groups excluding carboxylic acids is 1. The zero-order chi connectivity index (χ0) is 16.5. The van der Waals surface area contributed by atoms with Gasteiger partial charge < -0.3 is 9.80 Å². The molecular formula is C13H24N2O. The van der Waals surface area contributed by atoms with E-state index in [0.29, 0.717) is 13.1 Å². The fourth-order valence-electron chi connectivity index (χ4n) is 2.70. The number of hydrogen-bond acceptors (Lipinski definition) is 3. The third-order valence-electron chi connectivity index (χ3n) is 3.68. The Hall–Kier alpha value is -0.410. The lowest BCUT2D eigenvalue weighted by atomic mass is 10.0. The Bertz CT molecular complexity index is 372. The van der Waals surface area contributed by atoms with Gasteiger partial charge in [0.1, 0.15) is 5.78 Å². The predicted octanol–water partition coefficient (Wildman–Crippen LogP) is 1.52. The van der Waals surface area contributed by atoms with Crippen molar-refractivity contribution in [3.8, 4) is 0 Å². The molecule has 0 saturated carbocycles. The minimum Gasteiger partial charge on any atom is -0.303 e. The highest BCUT2D eigenvalue weighted by molar-refractivity contribution is 5.79. The number of Topliss-reactive ketones (excluding diaryl/α,β-unsaturated/α-hetero) is 1. The van der Waals surface area contributed by atoms with Gasteiger partial charge in [0.2, 0.25) is 0 Å². The maximum absolute atomic E-state index is 12.3. The van der Waals surface area contributed by atoms with Crippen LogP contribution in [0.4, 0.5) is 0 Å². The predicted molar refractivity (Wildman–Crippen MR) is 65.5 cm³/mol. The van der Waals surface area contributed by atoms with Crippen LogP contribution in [-0.2, 0) is 4.79 Å². The van der Waals surface area contributed by atoms with Crippen LogP contribution in [0.15, 0.2) is 0 Å². The lowest BCUT2D eigenvalue weighted by molar-refractivity contribution is -0.120. The maximum atomic E-state index is 12.3. The molecule has 2 aliphatic heterocycles.